The summed E-state index contributed by atoms with van der Waals surface area (Å²) in [7, 11) is 1.30. The molecule has 0 amide bonds. The predicted molar refractivity (Wildman–Crippen MR) is 109 cm³/mol. The van der Waals surface area contributed by atoms with Gasteiger partial charge < -0.3 is 24.8 Å². The normalized spacial score (nSPS) is 35.4. The van der Waals surface area contributed by atoms with E-state index in [0.29, 0.717) is 29.5 Å². The van der Waals surface area contributed by atoms with Crippen LogP contribution in [0, 0.1) is 11.3 Å². The molecule has 0 aliphatic heterocycles. The summed E-state index contributed by atoms with van der Waals surface area (Å²) in [4.78, 5) is 24.8. The van der Waals surface area contributed by atoms with E-state index in [0.717, 1.165) is 0 Å². The monoisotopic (exact) mass is 420 g/mol. The van der Waals surface area contributed by atoms with E-state index in [9.17, 15) is 24.9 Å². The van der Waals surface area contributed by atoms with E-state index in [1.54, 1.807) is 26.0 Å². The molecule has 0 heterocycles. The van der Waals surface area contributed by atoms with Gasteiger partial charge >= 0.3 is 11.9 Å². The first-order chi connectivity index (χ1) is 13.9. The number of phenolic OH excluding ortho intramolecular Hbond substituents is 1. The quantitative estimate of drug-likeness (QED) is 0.644. The Hall–Kier alpha value is -2.12. The number of hydrogen-bond acceptors (Lipinski definition) is 7. The molecule has 3 N–H and O–H groups in total. The van der Waals surface area contributed by atoms with E-state index in [1.807, 2.05) is 13.8 Å². The van der Waals surface area contributed by atoms with Crippen molar-refractivity contribution in [2.24, 2.45) is 11.3 Å². The molecule has 1 aromatic carbocycles. The Kier molecular flexibility index (Phi) is 5.67. The number of aromatic hydroxyl groups is 1. The summed E-state index contributed by atoms with van der Waals surface area (Å²) in [6, 6.07) is 3.30. The number of methoxy groups -OCH3 is 1. The maximum absolute atomic E-state index is 12.9. The van der Waals surface area contributed by atoms with Gasteiger partial charge in [-0.3, -0.25) is 9.59 Å². The van der Waals surface area contributed by atoms with Crippen LogP contribution >= 0.6 is 0 Å². The fourth-order valence-corrected chi connectivity index (χ4v) is 5.75. The van der Waals surface area contributed by atoms with Crippen molar-refractivity contribution in [1.29, 1.82) is 0 Å². The lowest BCUT2D eigenvalue weighted by Crippen LogP contribution is -2.64. The molecule has 1 saturated carbocycles. The minimum absolute atomic E-state index is 0.00295. The van der Waals surface area contributed by atoms with E-state index in [-0.39, 0.29) is 11.7 Å². The van der Waals surface area contributed by atoms with E-state index in [4.69, 9.17) is 9.47 Å². The lowest BCUT2D eigenvalue weighted by Gasteiger charge is -2.59. The summed E-state index contributed by atoms with van der Waals surface area (Å²) in [5.74, 6) is -1.76. The summed E-state index contributed by atoms with van der Waals surface area (Å²) in [6.45, 7) is 8.64. The molecule has 0 radical (unpaired) electrons. The molecular weight excluding hydrogens is 388 g/mol. The maximum atomic E-state index is 12.9. The minimum Gasteiger partial charge on any atom is -0.508 e. The number of benzene rings is 1. The summed E-state index contributed by atoms with van der Waals surface area (Å²) in [5, 5.41) is 33.1. The van der Waals surface area contributed by atoms with Crippen LogP contribution in [0.25, 0.3) is 0 Å². The van der Waals surface area contributed by atoms with Gasteiger partial charge in [0.1, 0.15) is 18.0 Å². The number of carbonyl (C=O) groups is 2. The number of rotatable bonds is 3. The Morgan fingerprint density at radius 1 is 1.20 bits per heavy atom. The Bertz CT molecular complexity index is 863. The molecule has 0 saturated heterocycles. The van der Waals surface area contributed by atoms with Crippen molar-refractivity contribution in [2.45, 2.75) is 77.1 Å². The molecule has 2 aliphatic rings. The highest BCUT2D eigenvalue weighted by Crippen LogP contribution is 2.61. The van der Waals surface area contributed by atoms with Gasteiger partial charge in [-0.15, -0.1) is 0 Å². The number of carbonyl (C=O) groups excluding carboxylic acids is 2. The Morgan fingerprint density at radius 3 is 2.37 bits per heavy atom. The lowest BCUT2D eigenvalue weighted by atomic mass is 9.47. The summed E-state index contributed by atoms with van der Waals surface area (Å²) < 4.78 is 10.7. The smallest absolute Gasteiger partial charge is 0.311 e. The van der Waals surface area contributed by atoms with Crippen molar-refractivity contribution in [3.8, 4) is 5.75 Å². The highest BCUT2D eigenvalue weighted by molar-refractivity contribution is 5.78. The van der Waals surface area contributed by atoms with Gasteiger partial charge in [-0.25, -0.2) is 0 Å². The molecule has 3 rings (SSSR count). The number of esters is 2. The van der Waals surface area contributed by atoms with Crippen LogP contribution in [-0.2, 0) is 24.5 Å². The van der Waals surface area contributed by atoms with Crippen LogP contribution in [0.5, 0.6) is 5.75 Å². The average Bonchev–Trinajstić information content (AvgIpc) is 2.67. The average molecular weight is 421 g/mol. The third kappa shape index (κ3) is 3.10. The Balaban J connectivity index is 2.34. The van der Waals surface area contributed by atoms with Crippen molar-refractivity contribution >= 4 is 11.9 Å². The van der Waals surface area contributed by atoms with Gasteiger partial charge in [-0.2, -0.15) is 0 Å². The molecule has 0 unspecified atom stereocenters. The molecule has 30 heavy (non-hydrogen) atoms. The first-order valence-electron chi connectivity index (χ1n) is 10.4. The largest absolute Gasteiger partial charge is 0.508 e. The van der Waals surface area contributed by atoms with Crippen LogP contribution in [-0.4, -0.2) is 46.6 Å². The molecule has 2 aliphatic carbocycles. The van der Waals surface area contributed by atoms with Crippen LogP contribution in [0.1, 0.15) is 76.2 Å². The molecule has 1 aromatic rings. The van der Waals surface area contributed by atoms with Crippen LogP contribution in [0.4, 0.5) is 0 Å². The SMILES string of the molecule is COC(=O)[C@]1(C)CC[C@@H](O)[C@]2(C)c3cc(O)c(C(C)C)cc3[C@@H](O)[C@@H](OC(C)=O)[C@H]21. The van der Waals surface area contributed by atoms with Crippen molar-refractivity contribution < 1.29 is 34.4 Å². The van der Waals surface area contributed by atoms with E-state index >= 15 is 0 Å². The molecule has 7 nitrogen and oxygen atoms in total. The van der Waals surface area contributed by atoms with Gasteiger partial charge in [0, 0.05) is 18.3 Å². The van der Waals surface area contributed by atoms with Crippen molar-refractivity contribution in [3.63, 3.8) is 0 Å². The maximum Gasteiger partial charge on any atom is 0.311 e. The van der Waals surface area contributed by atoms with E-state index < -0.39 is 47.0 Å². The van der Waals surface area contributed by atoms with E-state index in [2.05, 4.69) is 0 Å². The van der Waals surface area contributed by atoms with Crippen LogP contribution in [0.2, 0.25) is 0 Å². The van der Waals surface area contributed by atoms with Gasteiger partial charge in [0.05, 0.1) is 18.6 Å². The molecule has 7 heteroatoms. The number of ether oxygens (including phenoxy) is 2. The van der Waals surface area contributed by atoms with Crippen molar-refractivity contribution in [2.75, 3.05) is 7.11 Å². The van der Waals surface area contributed by atoms with Crippen molar-refractivity contribution in [3.05, 3.63) is 28.8 Å². The zero-order valence-electron chi connectivity index (χ0n) is 18.4. The number of phenols is 1. The van der Waals surface area contributed by atoms with Gasteiger partial charge in [0.15, 0.2) is 0 Å². The predicted octanol–water partition coefficient (Wildman–Crippen LogP) is 2.70. The topological polar surface area (TPSA) is 113 Å². The summed E-state index contributed by atoms with van der Waals surface area (Å²) in [6.07, 6.45) is -2.49. The van der Waals surface area contributed by atoms with Gasteiger partial charge in [-0.1, -0.05) is 20.8 Å². The Labute approximate surface area is 177 Å². The zero-order valence-corrected chi connectivity index (χ0v) is 18.4. The van der Waals surface area contributed by atoms with Crippen LogP contribution in [0.3, 0.4) is 0 Å². The zero-order chi connectivity index (χ0) is 22.6. The molecule has 166 valence electrons. The summed E-state index contributed by atoms with van der Waals surface area (Å²) in [5.41, 5.74) is -0.448. The molecule has 0 spiro atoms. The number of aliphatic hydroxyl groups is 2. The standard InChI is InChI=1S/C23H32O7/c1-11(2)13-9-14-15(10-16(13)25)23(5)17(26)7-8-22(4,21(28)29-6)20(23)19(18(14)27)30-12(3)24/h9-11,17-20,25-27H,7-8H2,1-6H3/t17-,18-,19-,20+,22-,23+/m1/s1. The van der Waals surface area contributed by atoms with Crippen LogP contribution in [0.15, 0.2) is 12.1 Å². The molecule has 0 bridgehead atoms. The lowest BCUT2D eigenvalue weighted by molar-refractivity contribution is -0.199. The van der Waals surface area contributed by atoms with Gasteiger partial charge in [-0.05, 0) is 54.5 Å². The highest BCUT2D eigenvalue weighted by Gasteiger charge is 2.65. The van der Waals surface area contributed by atoms with E-state index in [1.165, 1.54) is 14.0 Å². The molecule has 0 aromatic heterocycles. The number of aliphatic hydroxyl groups excluding tert-OH is 2. The minimum atomic E-state index is -1.21. The van der Waals surface area contributed by atoms with Crippen LogP contribution < -0.4 is 0 Å². The number of hydrogen-bond donors (Lipinski definition) is 3. The second-order valence-electron chi connectivity index (χ2n) is 9.40. The second-order valence-corrected chi connectivity index (χ2v) is 9.40. The second kappa shape index (κ2) is 7.54. The number of fused-ring (bicyclic) bond motifs is 3. The first kappa shape index (κ1) is 22.6. The molecule has 6 atom stereocenters. The van der Waals surface area contributed by atoms with Gasteiger partial charge in [0.2, 0.25) is 0 Å². The highest BCUT2D eigenvalue weighted by atomic mass is 16.6. The third-order valence-electron chi connectivity index (χ3n) is 7.28. The fourth-order valence-electron chi connectivity index (χ4n) is 5.75. The van der Waals surface area contributed by atoms with Gasteiger partial charge in [0.25, 0.3) is 0 Å². The molecule has 1 fully saturated rings. The fraction of sp³-hybridized carbons (Fsp3) is 0.652. The van der Waals surface area contributed by atoms with Crippen molar-refractivity contribution in [1.82, 2.24) is 0 Å². The molecular formula is C23H32O7. The third-order valence-corrected chi connectivity index (χ3v) is 7.28. The Morgan fingerprint density at radius 2 is 1.83 bits per heavy atom. The first-order valence-corrected chi connectivity index (χ1v) is 10.4. The summed E-state index contributed by atoms with van der Waals surface area (Å²) >= 11 is 0.